The Morgan fingerprint density at radius 2 is 1.79 bits per heavy atom. The van der Waals surface area contributed by atoms with Gasteiger partial charge in [-0.05, 0) is 59.2 Å². The first-order chi connectivity index (χ1) is 16.1. The topological polar surface area (TPSA) is 60.0 Å². The highest BCUT2D eigenvalue weighted by atomic mass is 35.5. The molecule has 2 aromatic carbocycles. The summed E-state index contributed by atoms with van der Waals surface area (Å²) >= 11 is 6.16. The molecule has 1 N–H and O–H groups in total. The number of imidazole rings is 1. The Kier molecular flexibility index (Phi) is 4.73. The molecule has 162 valence electrons. The second-order valence-electron chi connectivity index (χ2n) is 8.28. The lowest BCUT2D eigenvalue weighted by molar-refractivity contribution is 0.693. The van der Waals surface area contributed by atoms with E-state index in [1.54, 1.807) is 6.20 Å². The van der Waals surface area contributed by atoms with Gasteiger partial charge < -0.3 is 9.72 Å². The Hall–Kier alpha value is -3.90. The van der Waals surface area contributed by atoms with Gasteiger partial charge in [-0.25, -0.2) is 9.97 Å². The minimum Gasteiger partial charge on any atom is -0.365 e. The zero-order valence-electron chi connectivity index (χ0n) is 18.0. The fraction of sp³-hybridized carbons (Fsp3) is 0.115. The van der Waals surface area contributed by atoms with Gasteiger partial charge >= 0.3 is 0 Å². The van der Waals surface area contributed by atoms with Crippen molar-refractivity contribution in [3.63, 3.8) is 0 Å². The highest BCUT2D eigenvalue weighted by Gasteiger charge is 2.09. The first kappa shape index (κ1) is 19.8. The summed E-state index contributed by atoms with van der Waals surface area (Å²) in [6, 6.07) is 18.4. The molecule has 6 rings (SSSR count). The van der Waals surface area contributed by atoms with Gasteiger partial charge in [0.05, 0.1) is 23.1 Å². The molecular formula is C26H21ClN6. The van der Waals surface area contributed by atoms with Crippen molar-refractivity contribution in [2.45, 2.75) is 20.0 Å². The molecule has 33 heavy (non-hydrogen) atoms. The van der Waals surface area contributed by atoms with Crippen molar-refractivity contribution in [3.05, 3.63) is 101 Å². The summed E-state index contributed by atoms with van der Waals surface area (Å²) in [6.07, 6.45) is 7.98. The van der Waals surface area contributed by atoms with Gasteiger partial charge in [0.1, 0.15) is 11.5 Å². The van der Waals surface area contributed by atoms with Gasteiger partial charge in [0.15, 0.2) is 0 Å². The number of pyridine rings is 2. The normalized spacial score (nSPS) is 11.6. The van der Waals surface area contributed by atoms with Crippen molar-refractivity contribution in [1.82, 2.24) is 24.1 Å². The number of nitrogens with one attached hydrogen (secondary N) is 1. The third-order valence-corrected chi connectivity index (χ3v) is 6.02. The maximum Gasteiger partial charge on any atom is 0.137 e. The second-order valence-corrected chi connectivity index (χ2v) is 8.72. The van der Waals surface area contributed by atoms with Crippen molar-refractivity contribution in [2.24, 2.45) is 0 Å². The zero-order chi connectivity index (χ0) is 22.4. The number of nitrogens with zero attached hydrogens (tertiary/aromatic N) is 5. The molecule has 0 amide bonds. The molecule has 0 atom stereocenters. The lowest BCUT2D eigenvalue weighted by Gasteiger charge is -2.08. The summed E-state index contributed by atoms with van der Waals surface area (Å²) in [5.74, 6) is 0.825. The number of aromatic nitrogens is 5. The molecular weight excluding hydrogens is 432 g/mol. The van der Waals surface area contributed by atoms with Crippen LogP contribution in [0.4, 0.5) is 5.82 Å². The van der Waals surface area contributed by atoms with Crippen molar-refractivity contribution in [2.75, 3.05) is 5.32 Å². The minimum atomic E-state index is 0.663. The maximum atomic E-state index is 6.16. The van der Waals surface area contributed by atoms with Crippen LogP contribution in [0.5, 0.6) is 0 Å². The summed E-state index contributed by atoms with van der Waals surface area (Å²) in [4.78, 5) is 9.06. The Morgan fingerprint density at radius 1 is 0.909 bits per heavy atom. The molecule has 0 aliphatic carbocycles. The van der Waals surface area contributed by atoms with Crippen LogP contribution in [0.25, 0.3) is 27.3 Å². The number of hydrogen-bond acceptors (Lipinski definition) is 4. The molecule has 0 aliphatic rings. The average molecular weight is 453 g/mol. The standard InChI is InChI=1S/C26H21ClN6/c1-17-13-32-14-19(3-7-25(32)30-17)15-33-16-23-24(31-33)8-9-28-26(23)29-12-18-2-4-20-5-6-22(27)11-21(20)10-18/h2-11,13-14,16H,12,15H2,1H3,(H,28,29). The second kappa shape index (κ2) is 7.90. The Bertz CT molecular complexity index is 1630. The van der Waals surface area contributed by atoms with Crippen LogP contribution in [-0.2, 0) is 13.1 Å². The minimum absolute atomic E-state index is 0.663. The van der Waals surface area contributed by atoms with Crippen molar-refractivity contribution in [1.29, 1.82) is 0 Å². The van der Waals surface area contributed by atoms with Crippen LogP contribution in [0.3, 0.4) is 0 Å². The zero-order valence-corrected chi connectivity index (χ0v) is 18.8. The van der Waals surface area contributed by atoms with Gasteiger partial charge in [-0.3, -0.25) is 4.68 Å². The molecule has 0 spiro atoms. The number of aryl methyl sites for hydroxylation is 1. The van der Waals surface area contributed by atoms with Gasteiger partial charge in [-0.15, -0.1) is 0 Å². The third kappa shape index (κ3) is 3.90. The van der Waals surface area contributed by atoms with E-state index in [-0.39, 0.29) is 0 Å². The predicted octanol–water partition coefficient (Wildman–Crippen LogP) is 5.85. The van der Waals surface area contributed by atoms with Crippen LogP contribution < -0.4 is 5.32 Å². The van der Waals surface area contributed by atoms with Crippen molar-refractivity contribution < 1.29 is 0 Å². The summed E-state index contributed by atoms with van der Waals surface area (Å²) < 4.78 is 4.01. The number of hydrogen-bond donors (Lipinski definition) is 1. The highest BCUT2D eigenvalue weighted by molar-refractivity contribution is 6.31. The van der Waals surface area contributed by atoms with Gasteiger partial charge in [0.2, 0.25) is 0 Å². The van der Waals surface area contributed by atoms with E-state index in [2.05, 4.69) is 50.1 Å². The van der Waals surface area contributed by atoms with Crippen LogP contribution in [0.2, 0.25) is 5.02 Å². The third-order valence-electron chi connectivity index (χ3n) is 5.79. The van der Waals surface area contributed by atoms with E-state index < -0.39 is 0 Å². The van der Waals surface area contributed by atoms with Gasteiger partial charge in [0.25, 0.3) is 0 Å². The van der Waals surface area contributed by atoms with Crippen LogP contribution >= 0.6 is 11.6 Å². The van der Waals surface area contributed by atoms with Crippen LogP contribution in [0, 0.1) is 6.92 Å². The number of fused-ring (bicyclic) bond motifs is 3. The van der Waals surface area contributed by atoms with E-state index in [4.69, 9.17) is 16.7 Å². The molecule has 7 heteroatoms. The molecule has 6 aromatic rings. The molecule has 0 fully saturated rings. The quantitative estimate of drug-likeness (QED) is 0.356. The van der Waals surface area contributed by atoms with Gasteiger partial charge in [-0.1, -0.05) is 35.9 Å². The maximum absolute atomic E-state index is 6.16. The average Bonchev–Trinajstić information content (AvgIpc) is 3.39. The Morgan fingerprint density at radius 3 is 2.73 bits per heavy atom. The summed E-state index contributed by atoms with van der Waals surface area (Å²) in [5.41, 5.74) is 5.20. The predicted molar refractivity (Wildman–Crippen MR) is 133 cm³/mol. The van der Waals surface area contributed by atoms with E-state index in [1.165, 1.54) is 10.9 Å². The molecule has 0 saturated heterocycles. The summed E-state index contributed by atoms with van der Waals surface area (Å²) in [6.45, 7) is 3.34. The highest BCUT2D eigenvalue weighted by Crippen LogP contribution is 2.23. The van der Waals surface area contributed by atoms with Crippen molar-refractivity contribution in [3.8, 4) is 0 Å². The number of rotatable bonds is 5. The van der Waals surface area contributed by atoms with Gasteiger partial charge in [-0.2, -0.15) is 5.10 Å². The summed E-state index contributed by atoms with van der Waals surface area (Å²) in [7, 11) is 0. The smallest absolute Gasteiger partial charge is 0.137 e. The number of anilines is 1. The molecule has 0 saturated carbocycles. The molecule has 4 aromatic heterocycles. The fourth-order valence-electron chi connectivity index (χ4n) is 4.22. The molecule has 0 unspecified atom stereocenters. The van der Waals surface area contributed by atoms with Gasteiger partial charge in [0, 0.05) is 36.4 Å². The number of halogens is 1. The van der Waals surface area contributed by atoms with E-state index in [0.717, 1.165) is 44.0 Å². The lowest BCUT2D eigenvalue weighted by atomic mass is 10.1. The Labute approximate surface area is 195 Å². The molecule has 6 nitrogen and oxygen atoms in total. The van der Waals surface area contributed by atoms with E-state index in [1.807, 2.05) is 54.3 Å². The first-order valence-corrected chi connectivity index (χ1v) is 11.2. The molecule has 0 aliphatic heterocycles. The van der Waals surface area contributed by atoms with Crippen LogP contribution in [-0.4, -0.2) is 24.1 Å². The SMILES string of the molecule is Cc1cn2cc(Cn3cc4c(NCc5ccc6ccc(Cl)cc6c5)nccc4n3)ccc2n1. The van der Waals surface area contributed by atoms with Crippen LogP contribution in [0.15, 0.2) is 79.4 Å². The first-order valence-electron chi connectivity index (χ1n) is 10.8. The monoisotopic (exact) mass is 452 g/mol. The van der Waals surface area contributed by atoms with E-state index in [0.29, 0.717) is 13.1 Å². The Balaban J connectivity index is 1.25. The van der Waals surface area contributed by atoms with Crippen LogP contribution in [0.1, 0.15) is 16.8 Å². The molecule has 4 heterocycles. The fourth-order valence-corrected chi connectivity index (χ4v) is 4.40. The lowest BCUT2D eigenvalue weighted by Crippen LogP contribution is -2.01. The van der Waals surface area contributed by atoms with E-state index >= 15 is 0 Å². The van der Waals surface area contributed by atoms with Crippen molar-refractivity contribution >= 4 is 44.7 Å². The number of benzene rings is 2. The summed E-state index contributed by atoms with van der Waals surface area (Å²) in [5, 5.41) is 12.3. The molecule has 0 bridgehead atoms. The largest absolute Gasteiger partial charge is 0.365 e. The van der Waals surface area contributed by atoms with E-state index in [9.17, 15) is 0 Å². The molecule has 0 radical (unpaired) electrons.